The molecule has 2 N–H and O–H groups in total. The van der Waals surface area contributed by atoms with Gasteiger partial charge >= 0.3 is 0 Å². The highest BCUT2D eigenvalue weighted by molar-refractivity contribution is 5.91. The average Bonchev–Trinajstić information content (AvgIpc) is 3.07. The summed E-state index contributed by atoms with van der Waals surface area (Å²) in [4.78, 5) is 12.1. The van der Waals surface area contributed by atoms with Crippen molar-refractivity contribution in [2.24, 2.45) is 11.8 Å². The molecule has 0 radical (unpaired) electrons. The van der Waals surface area contributed by atoms with Crippen LogP contribution in [0.3, 0.4) is 0 Å². The van der Waals surface area contributed by atoms with Gasteiger partial charge in [0.2, 0.25) is 5.91 Å². The Morgan fingerprint density at radius 1 is 1.21 bits per heavy atom. The standard InChI is InChI=1S/C19H23N3O2/c1-12-8-17(22-24-12)21-18(23)11-20-19-15-6-7-16(19)10-14-5-3-2-4-13(14)9-15/h2-5,8,15-16,19-20H,6-7,9-11H2,1H3,(H,21,22,23). The highest BCUT2D eigenvalue weighted by Crippen LogP contribution is 2.39. The van der Waals surface area contributed by atoms with Crippen molar-refractivity contribution in [1.29, 1.82) is 0 Å². The number of carbonyl (C=O) groups is 1. The van der Waals surface area contributed by atoms with E-state index in [1.807, 2.05) is 6.92 Å². The molecule has 126 valence electrons. The van der Waals surface area contributed by atoms with Gasteiger partial charge in [0.05, 0.1) is 6.54 Å². The van der Waals surface area contributed by atoms with Gasteiger partial charge in [-0.2, -0.15) is 0 Å². The van der Waals surface area contributed by atoms with E-state index < -0.39 is 0 Å². The summed E-state index contributed by atoms with van der Waals surface area (Å²) in [6, 6.07) is 10.9. The molecule has 2 aliphatic carbocycles. The molecular formula is C19H23N3O2. The molecule has 5 heteroatoms. The van der Waals surface area contributed by atoms with Gasteiger partial charge in [0.1, 0.15) is 5.76 Å². The van der Waals surface area contributed by atoms with Crippen molar-refractivity contribution >= 4 is 11.7 Å². The molecule has 2 unspecified atom stereocenters. The first-order valence-corrected chi connectivity index (χ1v) is 8.72. The second-order valence-electron chi connectivity index (χ2n) is 7.05. The molecule has 2 bridgehead atoms. The topological polar surface area (TPSA) is 67.2 Å². The van der Waals surface area contributed by atoms with Crippen LogP contribution in [0, 0.1) is 18.8 Å². The third-order valence-corrected chi connectivity index (χ3v) is 5.40. The van der Waals surface area contributed by atoms with Crippen molar-refractivity contribution in [2.75, 3.05) is 11.9 Å². The van der Waals surface area contributed by atoms with Gasteiger partial charge < -0.3 is 15.2 Å². The molecule has 1 aromatic carbocycles. The smallest absolute Gasteiger partial charge is 0.239 e. The summed E-state index contributed by atoms with van der Waals surface area (Å²) in [6.07, 6.45) is 4.74. The van der Waals surface area contributed by atoms with Crippen molar-refractivity contribution < 1.29 is 9.32 Å². The van der Waals surface area contributed by atoms with Crippen LogP contribution in [0.1, 0.15) is 29.7 Å². The number of hydrogen-bond donors (Lipinski definition) is 2. The zero-order chi connectivity index (χ0) is 16.5. The molecule has 1 aromatic heterocycles. The number of anilines is 1. The molecule has 0 saturated heterocycles. The Kier molecular flexibility index (Phi) is 4.10. The van der Waals surface area contributed by atoms with Crippen molar-refractivity contribution in [3.63, 3.8) is 0 Å². The predicted molar refractivity (Wildman–Crippen MR) is 91.7 cm³/mol. The molecule has 2 aliphatic rings. The molecule has 0 aliphatic heterocycles. The Balaban J connectivity index is 1.38. The summed E-state index contributed by atoms with van der Waals surface area (Å²) in [5, 5.41) is 10.1. The minimum atomic E-state index is -0.0653. The molecule has 1 fully saturated rings. The van der Waals surface area contributed by atoms with E-state index in [4.69, 9.17) is 4.52 Å². The van der Waals surface area contributed by atoms with Gasteiger partial charge in [-0.05, 0) is 55.6 Å². The molecule has 0 spiro atoms. The lowest BCUT2D eigenvalue weighted by atomic mass is 9.94. The lowest BCUT2D eigenvalue weighted by Gasteiger charge is -2.23. The number of aryl methyl sites for hydroxylation is 1. The van der Waals surface area contributed by atoms with Crippen LogP contribution in [0.15, 0.2) is 34.9 Å². The third-order valence-electron chi connectivity index (χ3n) is 5.40. The SMILES string of the molecule is Cc1cc(NC(=O)CNC2C3CCC2Cc2ccccc2C3)no1. The molecule has 24 heavy (non-hydrogen) atoms. The molecule has 2 atom stereocenters. The number of benzene rings is 1. The maximum Gasteiger partial charge on any atom is 0.239 e. The van der Waals surface area contributed by atoms with Gasteiger partial charge in [0.15, 0.2) is 5.82 Å². The van der Waals surface area contributed by atoms with Crippen LogP contribution >= 0.6 is 0 Å². The van der Waals surface area contributed by atoms with Gasteiger partial charge in [-0.15, -0.1) is 0 Å². The molecule has 4 rings (SSSR count). The molecule has 5 nitrogen and oxygen atoms in total. The quantitative estimate of drug-likeness (QED) is 0.907. The molecule has 2 aromatic rings. The Bertz CT molecular complexity index is 707. The number of carbonyl (C=O) groups excluding carboxylic acids is 1. The zero-order valence-electron chi connectivity index (χ0n) is 13.9. The first-order chi connectivity index (χ1) is 11.7. The number of aromatic nitrogens is 1. The highest BCUT2D eigenvalue weighted by Gasteiger charge is 2.38. The third kappa shape index (κ3) is 3.08. The number of nitrogens with one attached hydrogen (secondary N) is 2. The maximum absolute atomic E-state index is 12.1. The summed E-state index contributed by atoms with van der Waals surface area (Å²) < 4.78 is 4.97. The Morgan fingerprint density at radius 3 is 2.46 bits per heavy atom. The minimum absolute atomic E-state index is 0.0653. The number of nitrogens with zero attached hydrogens (tertiary/aromatic N) is 1. The summed E-state index contributed by atoms with van der Waals surface area (Å²) in [7, 11) is 0. The Morgan fingerprint density at radius 2 is 1.88 bits per heavy atom. The van der Waals surface area contributed by atoms with E-state index in [0.29, 0.717) is 36.0 Å². The monoisotopic (exact) mass is 325 g/mol. The number of rotatable bonds is 4. The highest BCUT2D eigenvalue weighted by atomic mass is 16.5. The van der Waals surface area contributed by atoms with E-state index in [9.17, 15) is 4.79 Å². The number of amides is 1. The lowest BCUT2D eigenvalue weighted by molar-refractivity contribution is -0.115. The van der Waals surface area contributed by atoms with Crippen molar-refractivity contribution in [2.45, 2.75) is 38.6 Å². The van der Waals surface area contributed by atoms with Gasteiger partial charge in [-0.1, -0.05) is 29.4 Å². The van der Waals surface area contributed by atoms with E-state index >= 15 is 0 Å². The van der Waals surface area contributed by atoms with Crippen LogP contribution in [0.4, 0.5) is 5.82 Å². The summed E-state index contributed by atoms with van der Waals surface area (Å²) >= 11 is 0. The van der Waals surface area contributed by atoms with Gasteiger partial charge in [0, 0.05) is 12.1 Å². The van der Waals surface area contributed by atoms with Crippen LogP contribution < -0.4 is 10.6 Å². The summed E-state index contributed by atoms with van der Waals surface area (Å²) in [6.45, 7) is 2.13. The van der Waals surface area contributed by atoms with E-state index in [-0.39, 0.29) is 5.91 Å². The van der Waals surface area contributed by atoms with Gasteiger partial charge in [0.25, 0.3) is 0 Å². The predicted octanol–water partition coefficient (Wildman–Crippen LogP) is 2.70. The Labute approximate surface area is 141 Å². The van der Waals surface area contributed by atoms with Crippen molar-refractivity contribution in [3.05, 3.63) is 47.2 Å². The molecule has 1 heterocycles. The minimum Gasteiger partial charge on any atom is -0.360 e. The van der Waals surface area contributed by atoms with Gasteiger partial charge in [-0.25, -0.2) is 0 Å². The van der Waals surface area contributed by atoms with Crippen molar-refractivity contribution in [1.82, 2.24) is 10.5 Å². The van der Waals surface area contributed by atoms with Crippen LogP contribution in [0.5, 0.6) is 0 Å². The van der Waals surface area contributed by atoms with E-state index in [1.165, 1.54) is 24.0 Å². The molecular weight excluding hydrogens is 302 g/mol. The molecule has 1 saturated carbocycles. The normalized spacial score (nSPS) is 25.1. The van der Waals surface area contributed by atoms with Crippen LogP contribution in [0.2, 0.25) is 0 Å². The fourth-order valence-corrected chi connectivity index (χ4v) is 4.31. The second kappa shape index (κ2) is 6.40. The van der Waals surface area contributed by atoms with E-state index in [0.717, 1.165) is 12.8 Å². The maximum atomic E-state index is 12.1. The van der Waals surface area contributed by atoms with Crippen molar-refractivity contribution in [3.8, 4) is 0 Å². The summed E-state index contributed by atoms with van der Waals surface area (Å²) in [5.74, 6) is 2.36. The number of fused-ring (bicyclic) bond motifs is 3. The lowest BCUT2D eigenvalue weighted by Crippen LogP contribution is -2.42. The van der Waals surface area contributed by atoms with Crippen LogP contribution in [-0.2, 0) is 17.6 Å². The van der Waals surface area contributed by atoms with Crippen LogP contribution in [0.25, 0.3) is 0 Å². The molecule has 1 amide bonds. The Hall–Kier alpha value is -2.14. The van der Waals surface area contributed by atoms with E-state index in [2.05, 4.69) is 40.1 Å². The fourth-order valence-electron chi connectivity index (χ4n) is 4.31. The number of hydrogen-bond acceptors (Lipinski definition) is 4. The van der Waals surface area contributed by atoms with Gasteiger partial charge in [-0.3, -0.25) is 4.79 Å². The second-order valence-corrected chi connectivity index (χ2v) is 7.05. The van der Waals surface area contributed by atoms with Crippen LogP contribution in [-0.4, -0.2) is 23.7 Å². The first kappa shape index (κ1) is 15.4. The average molecular weight is 325 g/mol. The first-order valence-electron chi connectivity index (χ1n) is 8.72. The largest absolute Gasteiger partial charge is 0.360 e. The summed E-state index contributed by atoms with van der Waals surface area (Å²) in [5.41, 5.74) is 2.97. The van der Waals surface area contributed by atoms with E-state index in [1.54, 1.807) is 6.07 Å². The zero-order valence-corrected chi connectivity index (χ0v) is 13.9. The fraction of sp³-hybridized carbons (Fsp3) is 0.474.